The van der Waals surface area contributed by atoms with E-state index in [4.69, 9.17) is 20.6 Å². The van der Waals surface area contributed by atoms with Crippen LogP contribution in [0.2, 0.25) is 0 Å². The molecule has 0 bridgehead atoms. The van der Waals surface area contributed by atoms with Crippen LogP contribution in [-0.4, -0.2) is 49.5 Å². The second kappa shape index (κ2) is 9.85. The summed E-state index contributed by atoms with van der Waals surface area (Å²) in [6.45, 7) is 0. The first kappa shape index (κ1) is 26.2. The third-order valence-corrected chi connectivity index (χ3v) is 6.25. The van der Waals surface area contributed by atoms with Gasteiger partial charge in [-0.15, -0.1) is 0 Å². The van der Waals surface area contributed by atoms with Crippen molar-refractivity contribution in [3.05, 3.63) is 59.2 Å². The molecule has 2 rings (SSSR count). The lowest BCUT2D eigenvalue weighted by molar-refractivity contribution is -0.138. The Balaban J connectivity index is 2.46. The molecule has 0 aliphatic rings. The molecule has 0 unspecified atom stereocenters. The van der Waals surface area contributed by atoms with E-state index in [0.717, 1.165) is 6.07 Å². The van der Waals surface area contributed by atoms with E-state index >= 15 is 0 Å². The van der Waals surface area contributed by atoms with Crippen molar-refractivity contribution in [1.29, 1.82) is 0 Å². The lowest BCUT2D eigenvalue weighted by Gasteiger charge is -2.19. The quantitative estimate of drug-likeness (QED) is 0.383. The highest BCUT2D eigenvalue weighted by Gasteiger charge is 2.34. The summed E-state index contributed by atoms with van der Waals surface area (Å²) in [6, 6.07) is 7.58. The van der Waals surface area contributed by atoms with E-state index in [2.05, 4.69) is 0 Å². The maximum atomic E-state index is 13.5. The minimum absolute atomic E-state index is 0.0224. The molecule has 32 heavy (non-hydrogen) atoms. The highest BCUT2D eigenvalue weighted by molar-refractivity contribution is 7.86. The van der Waals surface area contributed by atoms with Crippen LogP contribution in [0.4, 0.5) is 13.2 Å². The van der Waals surface area contributed by atoms with E-state index in [9.17, 15) is 30.0 Å². The molecule has 0 aromatic heterocycles. The molecule has 0 fully saturated rings. The monoisotopic (exact) mass is 496 g/mol. The molecular weight excluding hydrogens is 473 g/mol. The molecule has 2 atom stereocenters. The van der Waals surface area contributed by atoms with Crippen LogP contribution in [0.5, 0.6) is 0 Å². The smallest absolute Gasteiger partial charge is 0.326 e. The van der Waals surface area contributed by atoms with Crippen LogP contribution in [0.3, 0.4) is 0 Å². The summed E-state index contributed by atoms with van der Waals surface area (Å²) in [7, 11) is -8.79. The Hall–Kier alpha value is -2.03. The maximum absolute atomic E-state index is 13.5. The summed E-state index contributed by atoms with van der Waals surface area (Å²) in [5.74, 6) is -1.60. The van der Waals surface area contributed by atoms with E-state index in [1.807, 2.05) is 0 Å². The van der Waals surface area contributed by atoms with Crippen LogP contribution in [-0.2, 0) is 39.3 Å². The average molecular weight is 497 g/mol. The lowest BCUT2D eigenvalue weighted by Crippen LogP contribution is -2.32. The molecule has 0 saturated carbocycles. The van der Waals surface area contributed by atoms with Gasteiger partial charge in [0.25, 0.3) is 20.2 Å². The molecule has 0 aliphatic carbocycles. The largest absolute Gasteiger partial charge is 0.416 e. The predicted octanol–water partition coefficient (Wildman–Crippen LogP) is 1.89. The van der Waals surface area contributed by atoms with Gasteiger partial charge in [0, 0.05) is 12.1 Å². The molecule has 0 radical (unpaired) electrons. The van der Waals surface area contributed by atoms with Gasteiger partial charge in [-0.2, -0.15) is 30.0 Å². The van der Waals surface area contributed by atoms with Gasteiger partial charge >= 0.3 is 6.18 Å². The fraction of sp³-hybridized carbons (Fsp3) is 0.368. The highest BCUT2D eigenvalue weighted by Crippen LogP contribution is 2.35. The molecular formula is C19H23F3N2O6S2. The van der Waals surface area contributed by atoms with E-state index in [1.54, 1.807) is 24.3 Å². The Morgan fingerprint density at radius 1 is 0.812 bits per heavy atom. The summed E-state index contributed by atoms with van der Waals surface area (Å²) in [5, 5.41) is 0. The summed E-state index contributed by atoms with van der Waals surface area (Å²) in [4.78, 5) is 0. The molecule has 0 aliphatic heterocycles. The molecule has 8 nitrogen and oxygen atoms in total. The molecule has 0 heterocycles. The molecule has 13 heteroatoms. The number of rotatable bonds is 9. The Labute approximate surface area is 183 Å². The Kier molecular flexibility index (Phi) is 8.07. The van der Waals surface area contributed by atoms with Crippen molar-refractivity contribution in [2.45, 2.75) is 31.1 Å². The summed E-state index contributed by atoms with van der Waals surface area (Å²) in [5.41, 5.74) is 11.5. The van der Waals surface area contributed by atoms with Gasteiger partial charge in [-0.1, -0.05) is 36.4 Å². The number of benzene rings is 2. The van der Waals surface area contributed by atoms with Crippen molar-refractivity contribution in [3.63, 3.8) is 0 Å². The maximum Gasteiger partial charge on any atom is 0.416 e. The van der Waals surface area contributed by atoms with E-state index in [-0.39, 0.29) is 12.0 Å². The van der Waals surface area contributed by atoms with Crippen molar-refractivity contribution < 1.29 is 39.1 Å². The van der Waals surface area contributed by atoms with Crippen LogP contribution >= 0.6 is 0 Å². The van der Waals surface area contributed by atoms with Crippen LogP contribution in [0.1, 0.15) is 16.7 Å². The van der Waals surface area contributed by atoms with E-state index in [0.29, 0.717) is 16.7 Å². The third-order valence-electron chi connectivity index (χ3n) is 4.55. The van der Waals surface area contributed by atoms with Crippen LogP contribution in [0.15, 0.2) is 42.5 Å². The number of hydrogen-bond donors (Lipinski definition) is 4. The first-order valence-electron chi connectivity index (χ1n) is 9.25. The predicted molar refractivity (Wildman–Crippen MR) is 113 cm³/mol. The molecule has 0 spiro atoms. The molecule has 0 saturated heterocycles. The van der Waals surface area contributed by atoms with Crippen molar-refractivity contribution in [2.24, 2.45) is 11.5 Å². The van der Waals surface area contributed by atoms with Gasteiger partial charge in [-0.3, -0.25) is 9.11 Å². The Morgan fingerprint density at radius 3 is 1.81 bits per heavy atom. The Morgan fingerprint density at radius 2 is 1.31 bits per heavy atom. The first-order valence-corrected chi connectivity index (χ1v) is 12.5. The van der Waals surface area contributed by atoms with Crippen molar-refractivity contribution in [3.8, 4) is 11.1 Å². The fourth-order valence-electron chi connectivity index (χ4n) is 3.41. The summed E-state index contributed by atoms with van der Waals surface area (Å²) in [6.07, 6.45) is -5.16. The zero-order valence-electron chi connectivity index (χ0n) is 16.7. The summed E-state index contributed by atoms with van der Waals surface area (Å²) >= 11 is 0. The zero-order valence-corrected chi connectivity index (χ0v) is 18.3. The van der Waals surface area contributed by atoms with Crippen LogP contribution < -0.4 is 11.5 Å². The first-order chi connectivity index (χ1) is 14.5. The van der Waals surface area contributed by atoms with Gasteiger partial charge in [0.05, 0.1) is 17.1 Å². The molecule has 178 valence electrons. The van der Waals surface area contributed by atoms with Crippen molar-refractivity contribution >= 4 is 20.2 Å². The van der Waals surface area contributed by atoms with Crippen molar-refractivity contribution in [1.82, 2.24) is 0 Å². The van der Waals surface area contributed by atoms with Gasteiger partial charge in [-0.05, 0) is 41.2 Å². The minimum atomic E-state index is -4.72. The standard InChI is InChI=1S/C19H23F3N2O6S2/c20-19(21,22)18-6-5-13(7-14(18)9-16(24)11-32(28,29)30)17-4-2-1-3-12(17)8-15(23)10-31(25,26)27/h1-7,15-16H,8-11,23-24H2,(H,25,26,27)(H,28,29,30)/t15-,16-/m0/s1. The van der Waals surface area contributed by atoms with Gasteiger partial charge in [0.15, 0.2) is 0 Å². The normalized spacial score (nSPS) is 14.8. The van der Waals surface area contributed by atoms with Gasteiger partial charge in [-0.25, -0.2) is 0 Å². The van der Waals surface area contributed by atoms with E-state index in [1.165, 1.54) is 12.1 Å². The number of alkyl halides is 3. The SMILES string of the molecule is N[C@@H](Cc1ccccc1-c1ccc(C(F)(F)F)c(C[C@H](N)CS(=O)(=O)O)c1)CS(=O)(=O)O. The fourth-order valence-corrected chi connectivity index (χ4v) is 4.73. The third kappa shape index (κ3) is 8.15. The zero-order chi connectivity index (χ0) is 24.3. The highest BCUT2D eigenvalue weighted by atomic mass is 32.2. The minimum Gasteiger partial charge on any atom is -0.326 e. The molecule has 0 amide bonds. The van der Waals surface area contributed by atoms with E-state index < -0.39 is 62.0 Å². The topological polar surface area (TPSA) is 161 Å². The lowest BCUT2D eigenvalue weighted by atomic mass is 9.91. The van der Waals surface area contributed by atoms with Crippen LogP contribution in [0.25, 0.3) is 11.1 Å². The average Bonchev–Trinajstić information content (AvgIpc) is 2.57. The number of halogens is 3. The van der Waals surface area contributed by atoms with Gasteiger partial charge in [0.2, 0.25) is 0 Å². The Bertz CT molecular complexity index is 1170. The summed E-state index contributed by atoms with van der Waals surface area (Å²) < 4.78 is 103. The molecule has 6 N–H and O–H groups in total. The number of nitrogens with two attached hydrogens (primary N) is 2. The van der Waals surface area contributed by atoms with Gasteiger partial charge in [0.1, 0.15) is 0 Å². The molecule has 2 aromatic carbocycles. The van der Waals surface area contributed by atoms with Gasteiger partial charge < -0.3 is 11.5 Å². The number of hydrogen-bond acceptors (Lipinski definition) is 6. The second-order valence-electron chi connectivity index (χ2n) is 7.45. The molecule has 2 aromatic rings. The van der Waals surface area contributed by atoms with Crippen molar-refractivity contribution in [2.75, 3.05) is 11.5 Å². The second-order valence-corrected chi connectivity index (χ2v) is 10.4. The van der Waals surface area contributed by atoms with Crippen LogP contribution in [0, 0.1) is 0 Å².